The Bertz CT molecular complexity index is 993. The number of carbonyl (C=O) groups excluding carboxylic acids is 1. The lowest BCUT2D eigenvalue weighted by atomic mass is 10.1. The predicted molar refractivity (Wildman–Crippen MR) is 108 cm³/mol. The number of nitrogens with one attached hydrogen (secondary N) is 2. The lowest BCUT2D eigenvalue weighted by Crippen LogP contribution is -2.20. The molecule has 7 heteroatoms. The molecule has 0 atom stereocenters. The molecule has 0 unspecified atom stereocenters. The second-order valence-corrected chi connectivity index (χ2v) is 6.59. The Morgan fingerprint density at radius 1 is 1.26 bits per heavy atom. The Balaban J connectivity index is 1.80. The largest absolute Gasteiger partial charge is 0.491 e. The maximum atomic E-state index is 12.6. The normalized spacial score (nSPS) is 10.6. The number of anilines is 1. The van der Waals surface area contributed by atoms with Gasteiger partial charge in [-0.05, 0) is 43.8 Å². The van der Waals surface area contributed by atoms with Crippen LogP contribution in [0.2, 0.25) is 0 Å². The summed E-state index contributed by atoms with van der Waals surface area (Å²) in [7, 11) is 0. The summed E-state index contributed by atoms with van der Waals surface area (Å²) < 4.78 is 7.78. The van der Waals surface area contributed by atoms with Gasteiger partial charge in [-0.15, -0.1) is 0 Å². The second kappa shape index (κ2) is 8.64. The molecule has 0 saturated carbocycles. The van der Waals surface area contributed by atoms with E-state index in [2.05, 4.69) is 15.5 Å². The van der Waals surface area contributed by atoms with Crippen LogP contribution in [-0.2, 0) is 11.3 Å². The number of rotatable bonds is 7. The molecular formula is C20H22N4O2S. The van der Waals surface area contributed by atoms with Crippen molar-refractivity contribution in [2.45, 2.75) is 26.8 Å². The molecule has 0 fully saturated rings. The molecule has 1 amide bonds. The number of hydrogen-bond donors (Lipinski definition) is 2. The van der Waals surface area contributed by atoms with Crippen LogP contribution in [0.4, 0.5) is 5.69 Å². The fourth-order valence-corrected chi connectivity index (χ4v) is 2.91. The van der Waals surface area contributed by atoms with Crippen LogP contribution >= 0.6 is 12.2 Å². The molecule has 2 aromatic carbocycles. The van der Waals surface area contributed by atoms with Crippen molar-refractivity contribution in [3.63, 3.8) is 0 Å². The van der Waals surface area contributed by atoms with Gasteiger partial charge in [-0.25, -0.2) is 0 Å². The highest BCUT2D eigenvalue weighted by Crippen LogP contribution is 2.24. The Morgan fingerprint density at radius 2 is 2.07 bits per heavy atom. The first kappa shape index (κ1) is 18.8. The summed E-state index contributed by atoms with van der Waals surface area (Å²) in [5.41, 5.74) is 2.66. The van der Waals surface area contributed by atoms with Gasteiger partial charge in [0, 0.05) is 5.56 Å². The molecule has 0 radical (unpaired) electrons. The van der Waals surface area contributed by atoms with Gasteiger partial charge in [0.15, 0.2) is 10.6 Å². The number of aromatic nitrogens is 3. The van der Waals surface area contributed by atoms with Crippen LogP contribution in [0.25, 0.3) is 11.4 Å². The van der Waals surface area contributed by atoms with Crippen molar-refractivity contribution >= 4 is 23.8 Å². The van der Waals surface area contributed by atoms with Gasteiger partial charge in [-0.3, -0.25) is 14.5 Å². The van der Waals surface area contributed by atoms with E-state index < -0.39 is 0 Å². The van der Waals surface area contributed by atoms with E-state index in [1.807, 2.05) is 62.4 Å². The van der Waals surface area contributed by atoms with E-state index >= 15 is 0 Å². The quantitative estimate of drug-likeness (QED) is 0.596. The summed E-state index contributed by atoms with van der Waals surface area (Å²) in [6.07, 6.45) is 0.895. The van der Waals surface area contributed by atoms with Crippen LogP contribution < -0.4 is 10.1 Å². The second-order valence-electron chi connectivity index (χ2n) is 6.20. The summed E-state index contributed by atoms with van der Waals surface area (Å²) >= 11 is 5.31. The number of carbonyl (C=O) groups is 1. The molecule has 2 N–H and O–H groups in total. The third-order valence-electron chi connectivity index (χ3n) is 3.96. The molecule has 0 bridgehead atoms. The first-order valence-corrected chi connectivity index (χ1v) is 9.23. The third-order valence-corrected chi connectivity index (χ3v) is 4.27. The van der Waals surface area contributed by atoms with Crippen molar-refractivity contribution in [3.8, 4) is 17.1 Å². The minimum Gasteiger partial charge on any atom is -0.491 e. The topological polar surface area (TPSA) is 71.9 Å². The molecule has 0 aliphatic heterocycles. The first-order chi connectivity index (χ1) is 13.1. The molecule has 0 saturated heterocycles. The van der Waals surface area contributed by atoms with E-state index in [1.54, 1.807) is 4.57 Å². The van der Waals surface area contributed by atoms with Gasteiger partial charge in [0.2, 0.25) is 5.91 Å². The van der Waals surface area contributed by atoms with Crippen molar-refractivity contribution in [1.82, 2.24) is 14.8 Å². The minimum absolute atomic E-state index is 0.0563. The van der Waals surface area contributed by atoms with Crippen molar-refractivity contribution in [2.75, 3.05) is 11.9 Å². The van der Waals surface area contributed by atoms with Crippen molar-refractivity contribution in [2.24, 2.45) is 0 Å². The fraction of sp³-hybridized carbons (Fsp3) is 0.250. The summed E-state index contributed by atoms with van der Waals surface area (Å²) in [6.45, 7) is 4.70. The Hall–Kier alpha value is -2.93. The Kier molecular flexibility index (Phi) is 6.03. The number of hydrogen-bond acceptors (Lipinski definition) is 4. The molecule has 3 aromatic rings. The van der Waals surface area contributed by atoms with Gasteiger partial charge in [-0.2, -0.15) is 5.10 Å². The van der Waals surface area contributed by atoms with Gasteiger partial charge in [0.1, 0.15) is 12.3 Å². The zero-order chi connectivity index (χ0) is 19.2. The number of benzene rings is 2. The van der Waals surface area contributed by atoms with Gasteiger partial charge >= 0.3 is 0 Å². The molecule has 1 aromatic heterocycles. The van der Waals surface area contributed by atoms with Crippen LogP contribution in [0.5, 0.6) is 5.75 Å². The first-order valence-electron chi connectivity index (χ1n) is 8.82. The SMILES string of the molecule is CCCOc1ccccc1NC(=O)Cn1c(-c2cccc(C)c2)n[nH]c1=S. The third kappa shape index (κ3) is 4.62. The van der Waals surface area contributed by atoms with E-state index in [-0.39, 0.29) is 12.5 Å². The number of aromatic amines is 1. The summed E-state index contributed by atoms with van der Waals surface area (Å²) in [5, 5.41) is 9.96. The number of aryl methyl sites for hydroxylation is 1. The monoisotopic (exact) mass is 382 g/mol. The van der Waals surface area contributed by atoms with Gasteiger partial charge in [-0.1, -0.05) is 42.8 Å². The van der Waals surface area contributed by atoms with Gasteiger partial charge < -0.3 is 10.1 Å². The molecular weight excluding hydrogens is 360 g/mol. The minimum atomic E-state index is -0.200. The summed E-state index contributed by atoms with van der Waals surface area (Å²) in [4.78, 5) is 12.6. The van der Waals surface area contributed by atoms with E-state index in [4.69, 9.17) is 17.0 Å². The average molecular weight is 382 g/mol. The highest BCUT2D eigenvalue weighted by molar-refractivity contribution is 7.71. The summed E-state index contributed by atoms with van der Waals surface area (Å²) in [5.74, 6) is 1.09. The summed E-state index contributed by atoms with van der Waals surface area (Å²) in [6, 6.07) is 15.3. The maximum Gasteiger partial charge on any atom is 0.244 e. The van der Waals surface area contributed by atoms with Crippen LogP contribution in [0.3, 0.4) is 0 Å². The number of ether oxygens (including phenoxy) is 1. The standard InChI is InChI=1S/C20H22N4O2S/c1-3-11-26-17-10-5-4-9-16(17)21-18(25)13-24-19(22-23-20(24)27)15-8-6-7-14(2)12-15/h4-10,12H,3,11,13H2,1-2H3,(H,21,25)(H,23,27). The molecule has 0 aliphatic rings. The predicted octanol–water partition coefficient (Wildman–Crippen LogP) is 4.34. The zero-order valence-electron chi connectivity index (χ0n) is 15.4. The highest BCUT2D eigenvalue weighted by atomic mass is 32.1. The van der Waals surface area contributed by atoms with Crippen LogP contribution in [0, 0.1) is 11.7 Å². The fourth-order valence-electron chi connectivity index (χ4n) is 2.71. The molecule has 6 nitrogen and oxygen atoms in total. The van der Waals surface area contributed by atoms with Crippen molar-refractivity contribution < 1.29 is 9.53 Å². The lowest BCUT2D eigenvalue weighted by molar-refractivity contribution is -0.116. The number of nitrogens with zero attached hydrogens (tertiary/aromatic N) is 2. The molecule has 140 valence electrons. The van der Waals surface area contributed by atoms with Crippen molar-refractivity contribution in [1.29, 1.82) is 0 Å². The van der Waals surface area contributed by atoms with Crippen LogP contribution in [0.1, 0.15) is 18.9 Å². The molecule has 0 spiro atoms. The molecule has 0 aliphatic carbocycles. The van der Waals surface area contributed by atoms with E-state index in [0.717, 1.165) is 17.5 Å². The number of para-hydroxylation sites is 2. The number of H-pyrrole nitrogens is 1. The van der Waals surface area contributed by atoms with Gasteiger partial charge in [0.05, 0.1) is 12.3 Å². The van der Waals surface area contributed by atoms with Gasteiger partial charge in [0.25, 0.3) is 0 Å². The van der Waals surface area contributed by atoms with Crippen LogP contribution in [-0.4, -0.2) is 27.3 Å². The average Bonchev–Trinajstić information content (AvgIpc) is 3.01. The van der Waals surface area contributed by atoms with Crippen LogP contribution in [0.15, 0.2) is 48.5 Å². The number of amides is 1. The molecule has 27 heavy (non-hydrogen) atoms. The highest BCUT2D eigenvalue weighted by Gasteiger charge is 2.14. The zero-order valence-corrected chi connectivity index (χ0v) is 16.2. The maximum absolute atomic E-state index is 12.6. The van der Waals surface area contributed by atoms with Crippen molar-refractivity contribution in [3.05, 3.63) is 58.9 Å². The van der Waals surface area contributed by atoms with E-state index in [1.165, 1.54) is 0 Å². The lowest BCUT2D eigenvalue weighted by Gasteiger charge is -2.13. The van der Waals surface area contributed by atoms with E-state index in [9.17, 15) is 4.79 Å². The smallest absolute Gasteiger partial charge is 0.244 e. The van der Waals surface area contributed by atoms with E-state index in [0.29, 0.717) is 28.6 Å². The Labute approximate surface area is 163 Å². The Morgan fingerprint density at radius 3 is 2.85 bits per heavy atom. The molecule has 3 rings (SSSR count). The molecule has 1 heterocycles.